The first kappa shape index (κ1) is 21.8. The predicted molar refractivity (Wildman–Crippen MR) is 110 cm³/mol. The van der Waals surface area contributed by atoms with Crippen LogP contribution in [0, 0.1) is 0 Å². The summed E-state index contributed by atoms with van der Waals surface area (Å²) < 4.78 is 27.9. The van der Waals surface area contributed by atoms with Crippen molar-refractivity contribution in [1.29, 1.82) is 0 Å². The summed E-state index contributed by atoms with van der Waals surface area (Å²) >= 11 is 2.91. The van der Waals surface area contributed by atoms with Crippen LogP contribution in [0.3, 0.4) is 0 Å². The van der Waals surface area contributed by atoms with Gasteiger partial charge in [0.15, 0.2) is 4.34 Å². The largest absolute Gasteiger partial charge is 0.296 e. The fourth-order valence-electron chi connectivity index (χ4n) is 2.00. The van der Waals surface area contributed by atoms with Gasteiger partial charge in [-0.15, -0.1) is 10.2 Å². The third-order valence-corrected chi connectivity index (χ3v) is 7.38. The van der Waals surface area contributed by atoms with Gasteiger partial charge in [0.2, 0.25) is 15.2 Å². The van der Waals surface area contributed by atoms with E-state index < -0.39 is 15.9 Å². The van der Waals surface area contributed by atoms with Crippen LogP contribution in [0.4, 0.5) is 5.13 Å². The average Bonchev–Trinajstić information content (AvgIpc) is 3.08. The summed E-state index contributed by atoms with van der Waals surface area (Å²) in [5, 5.41) is 11.5. The highest BCUT2D eigenvalue weighted by Gasteiger charge is 2.17. The summed E-state index contributed by atoms with van der Waals surface area (Å²) in [7, 11) is -3.63. The van der Waals surface area contributed by atoms with Crippen molar-refractivity contribution in [1.82, 2.24) is 14.9 Å². The van der Waals surface area contributed by atoms with E-state index >= 15 is 0 Å². The summed E-state index contributed by atoms with van der Waals surface area (Å²) in [6.07, 6.45) is 2.66. The summed E-state index contributed by atoms with van der Waals surface area (Å²) in [6.45, 7) is 6.56. The van der Waals surface area contributed by atoms with E-state index in [9.17, 15) is 13.2 Å². The van der Waals surface area contributed by atoms with Crippen molar-refractivity contribution in [3.05, 3.63) is 29.8 Å². The van der Waals surface area contributed by atoms with Gasteiger partial charge in [-0.1, -0.05) is 56.4 Å². The number of carbonyl (C=O) groups is 1. The zero-order chi connectivity index (χ0) is 19.9. The molecule has 10 heteroatoms. The number of rotatable bonds is 10. The molecule has 1 amide bonds. The Bertz CT molecular complexity index is 868. The van der Waals surface area contributed by atoms with Crippen LogP contribution >= 0.6 is 23.1 Å². The van der Waals surface area contributed by atoms with Crippen LogP contribution in [-0.4, -0.2) is 36.3 Å². The summed E-state index contributed by atoms with van der Waals surface area (Å²) in [6, 6.07) is 5.94. The van der Waals surface area contributed by atoms with E-state index in [-0.39, 0.29) is 10.5 Å². The minimum absolute atomic E-state index is 0.0662. The van der Waals surface area contributed by atoms with E-state index in [1.165, 1.54) is 23.5 Å². The Balaban J connectivity index is 2.07. The lowest BCUT2D eigenvalue weighted by Gasteiger charge is -2.08. The Morgan fingerprint density at radius 1 is 1.30 bits per heavy atom. The number of sulfonamides is 1. The van der Waals surface area contributed by atoms with E-state index in [4.69, 9.17) is 0 Å². The topological polar surface area (TPSA) is 101 Å². The number of carbonyl (C=O) groups excluding carboxylic acids is 1. The number of aromatic nitrogens is 2. The molecule has 0 bridgehead atoms. The maximum Gasteiger partial charge on any atom is 0.257 e. The number of hydrogen-bond acceptors (Lipinski definition) is 7. The second-order valence-electron chi connectivity index (χ2n) is 5.94. The lowest BCUT2D eigenvalue weighted by Crippen LogP contribution is -2.25. The fourth-order valence-corrected chi connectivity index (χ4v) is 5.12. The quantitative estimate of drug-likeness (QED) is 0.339. The molecular weight excluding hydrogens is 404 g/mol. The molecule has 0 radical (unpaired) electrons. The number of hydrogen-bond donors (Lipinski definition) is 2. The molecule has 0 aliphatic carbocycles. The summed E-state index contributed by atoms with van der Waals surface area (Å²) in [5.74, 6) is -0.420. The van der Waals surface area contributed by atoms with Crippen LogP contribution in [0.15, 0.2) is 33.5 Å². The number of benzene rings is 1. The number of thioether (sulfide) groups is 1. The summed E-state index contributed by atoms with van der Waals surface area (Å²) in [4.78, 5) is 12.5. The van der Waals surface area contributed by atoms with Crippen molar-refractivity contribution >= 4 is 44.2 Å². The molecule has 1 atom stereocenters. The minimum Gasteiger partial charge on any atom is -0.296 e. The van der Waals surface area contributed by atoms with Gasteiger partial charge >= 0.3 is 0 Å². The van der Waals surface area contributed by atoms with Crippen molar-refractivity contribution in [3.63, 3.8) is 0 Å². The third kappa shape index (κ3) is 6.56. The molecule has 148 valence electrons. The Morgan fingerprint density at radius 3 is 2.78 bits per heavy atom. The van der Waals surface area contributed by atoms with Crippen LogP contribution in [0.1, 0.15) is 50.4 Å². The first-order valence-corrected chi connectivity index (χ1v) is 11.9. The molecule has 1 aromatic heterocycles. The van der Waals surface area contributed by atoms with Crippen molar-refractivity contribution in [2.45, 2.75) is 54.5 Å². The van der Waals surface area contributed by atoms with Crippen molar-refractivity contribution < 1.29 is 13.2 Å². The number of nitrogens with one attached hydrogen (secondary N) is 2. The van der Waals surface area contributed by atoms with Crippen LogP contribution in [-0.2, 0) is 10.0 Å². The predicted octanol–water partition coefficient (Wildman–Crippen LogP) is 3.76. The highest BCUT2D eigenvalue weighted by molar-refractivity contribution is 8.01. The van der Waals surface area contributed by atoms with Gasteiger partial charge in [-0.05, 0) is 31.0 Å². The molecule has 1 aromatic carbocycles. The van der Waals surface area contributed by atoms with Crippen molar-refractivity contribution in [2.75, 3.05) is 11.9 Å². The number of unbranched alkanes of at least 4 members (excludes halogenated alkanes) is 1. The Kier molecular flexibility index (Phi) is 8.21. The lowest BCUT2D eigenvalue weighted by molar-refractivity contribution is 0.102. The fraction of sp³-hybridized carbons (Fsp3) is 0.471. The van der Waals surface area contributed by atoms with Gasteiger partial charge in [-0.25, -0.2) is 13.1 Å². The van der Waals surface area contributed by atoms with Crippen LogP contribution in [0.2, 0.25) is 0 Å². The molecule has 0 saturated heterocycles. The molecular formula is C17H24N4O3S3. The third-order valence-electron chi connectivity index (χ3n) is 3.73. The van der Waals surface area contributed by atoms with Crippen LogP contribution in [0.5, 0.6) is 0 Å². The Hall–Kier alpha value is -1.49. The first-order valence-electron chi connectivity index (χ1n) is 8.77. The first-order chi connectivity index (χ1) is 12.9. The molecule has 2 rings (SSSR count). The van der Waals surface area contributed by atoms with E-state index in [1.54, 1.807) is 23.9 Å². The zero-order valence-electron chi connectivity index (χ0n) is 15.6. The molecule has 27 heavy (non-hydrogen) atoms. The van der Waals surface area contributed by atoms with Crippen LogP contribution in [0.25, 0.3) is 0 Å². The van der Waals surface area contributed by atoms with Gasteiger partial charge in [0.05, 0.1) is 4.90 Å². The highest BCUT2D eigenvalue weighted by Crippen LogP contribution is 2.30. The maximum absolute atomic E-state index is 12.4. The molecule has 0 saturated carbocycles. The van der Waals surface area contributed by atoms with E-state index in [1.807, 2.05) is 6.92 Å². The molecule has 1 heterocycles. The van der Waals surface area contributed by atoms with Crippen LogP contribution < -0.4 is 10.0 Å². The normalized spacial score (nSPS) is 12.7. The highest BCUT2D eigenvalue weighted by atomic mass is 32.2. The molecule has 0 fully saturated rings. The molecule has 7 nitrogen and oxygen atoms in total. The molecule has 2 N–H and O–H groups in total. The Morgan fingerprint density at radius 2 is 2.07 bits per heavy atom. The van der Waals surface area contributed by atoms with E-state index in [0.717, 1.165) is 23.6 Å². The number of amides is 1. The van der Waals surface area contributed by atoms with Gasteiger partial charge in [0, 0.05) is 17.4 Å². The van der Waals surface area contributed by atoms with Gasteiger partial charge < -0.3 is 0 Å². The lowest BCUT2D eigenvalue weighted by atomic mass is 10.2. The van der Waals surface area contributed by atoms with Crippen molar-refractivity contribution in [2.24, 2.45) is 0 Å². The summed E-state index contributed by atoms with van der Waals surface area (Å²) in [5.41, 5.74) is 0.250. The van der Waals surface area contributed by atoms with Gasteiger partial charge in [-0.2, -0.15) is 0 Å². The molecule has 2 aromatic rings. The second kappa shape index (κ2) is 10.2. The second-order valence-corrected chi connectivity index (χ2v) is 10.4. The monoisotopic (exact) mass is 428 g/mol. The van der Waals surface area contributed by atoms with E-state index in [0.29, 0.717) is 16.9 Å². The molecule has 0 aliphatic heterocycles. The zero-order valence-corrected chi connectivity index (χ0v) is 18.0. The van der Waals surface area contributed by atoms with Gasteiger partial charge in [0.25, 0.3) is 5.91 Å². The maximum atomic E-state index is 12.4. The Labute approximate surface area is 168 Å². The number of anilines is 1. The minimum atomic E-state index is -3.63. The van der Waals surface area contributed by atoms with Gasteiger partial charge in [0.1, 0.15) is 0 Å². The molecule has 0 spiro atoms. The smallest absolute Gasteiger partial charge is 0.257 e. The standard InChI is InChI=1S/C17H24N4O3S3/c1-4-6-10-18-27(23,24)14-9-7-8-13(11-14)15(22)19-16-20-21-17(26-16)25-12(3)5-2/h7-9,11-12,18H,4-6,10H2,1-3H3,(H,19,20,22). The van der Waals surface area contributed by atoms with Gasteiger partial charge in [-0.3, -0.25) is 10.1 Å². The molecule has 1 unspecified atom stereocenters. The van der Waals surface area contributed by atoms with Crippen molar-refractivity contribution in [3.8, 4) is 0 Å². The average molecular weight is 429 g/mol. The number of nitrogens with zero attached hydrogens (tertiary/aromatic N) is 2. The SMILES string of the molecule is CCCCNS(=O)(=O)c1cccc(C(=O)Nc2nnc(SC(C)CC)s2)c1. The van der Waals surface area contributed by atoms with E-state index in [2.05, 4.69) is 34.1 Å². The molecule has 0 aliphatic rings.